The summed E-state index contributed by atoms with van der Waals surface area (Å²) in [5.74, 6) is 0. The SMILES string of the molecule is C[Si](C)(C)C#N.[I-].[I-].[Zn+2]. The van der Waals surface area contributed by atoms with Gasteiger partial charge in [-0.05, 0) is 0 Å². The quantitative estimate of drug-likeness (QED) is 0.287. The van der Waals surface area contributed by atoms with Crippen molar-refractivity contribution in [3.05, 3.63) is 0 Å². The Morgan fingerprint density at radius 1 is 1.11 bits per heavy atom. The van der Waals surface area contributed by atoms with Gasteiger partial charge in [0.1, 0.15) is 0 Å². The normalized spacial score (nSPS) is 6.89. The summed E-state index contributed by atoms with van der Waals surface area (Å²) >= 11 is 0. The Bertz CT molecular complexity index is 85.5. The van der Waals surface area contributed by atoms with Crippen molar-refractivity contribution in [2.24, 2.45) is 0 Å². The van der Waals surface area contributed by atoms with Gasteiger partial charge < -0.3 is 48.0 Å². The molecular formula is C4H9I2NSiZn. The molecule has 0 heterocycles. The van der Waals surface area contributed by atoms with E-state index in [1.54, 1.807) is 0 Å². The smallest absolute Gasteiger partial charge is 1.00 e. The Labute approximate surface area is 105 Å². The molecule has 9 heavy (non-hydrogen) atoms. The molecule has 0 aliphatic heterocycles. The van der Waals surface area contributed by atoms with Crippen molar-refractivity contribution in [3.63, 3.8) is 0 Å². The van der Waals surface area contributed by atoms with Crippen molar-refractivity contribution >= 4 is 8.07 Å². The first-order valence-electron chi connectivity index (χ1n) is 1.97. The third kappa shape index (κ3) is 25.9. The Balaban J connectivity index is -0.0000000417. The topological polar surface area (TPSA) is 23.8 Å². The van der Waals surface area contributed by atoms with Crippen molar-refractivity contribution in [1.82, 2.24) is 0 Å². The van der Waals surface area contributed by atoms with Gasteiger partial charge >= 0.3 is 19.5 Å². The third-order valence-electron chi connectivity index (χ3n) is 0.335. The first-order valence-corrected chi connectivity index (χ1v) is 5.47. The predicted molar refractivity (Wildman–Crippen MR) is 29.0 cm³/mol. The average molecular weight is 418 g/mol. The maximum atomic E-state index is 8.21. The van der Waals surface area contributed by atoms with Gasteiger partial charge in [-0.25, -0.2) is 5.26 Å². The van der Waals surface area contributed by atoms with Gasteiger partial charge in [-0.3, -0.25) is 0 Å². The Hall–Kier alpha value is 1.79. The van der Waals surface area contributed by atoms with E-state index >= 15 is 0 Å². The van der Waals surface area contributed by atoms with E-state index in [1.807, 2.05) is 19.6 Å². The fourth-order valence-electron chi connectivity index (χ4n) is 0. The minimum Gasteiger partial charge on any atom is -1.00 e. The molecule has 0 aromatic carbocycles. The van der Waals surface area contributed by atoms with Crippen LogP contribution in [0.25, 0.3) is 0 Å². The maximum Gasteiger partial charge on any atom is 2.00 e. The Morgan fingerprint density at radius 2 is 1.22 bits per heavy atom. The molecule has 0 aliphatic rings. The van der Waals surface area contributed by atoms with Crippen LogP contribution in [-0.2, 0) is 19.5 Å². The summed E-state index contributed by atoms with van der Waals surface area (Å²) in [5, 5.41) is 8.21. The fraction of sp³-hybridized carbons (Fsp3) is 0.750. The van der Waals surface area contributed by atoms with Crippen molar-refractivity contribution in [3.8, 4) is 5.69 Å². The molecule has 5 heteroatoms. The first kappa shape index (κ1) is 22.4. The standard InChI is InChI=1S/C4H9NSi.2HI.Zn/c1-6(2,3)4-5;;;/h1-3H3;2*1H;/q;;;+2/p-2. The molecule has 0 N–H and O–H groups in total. The number of hydrogen-bond acceptors (Lipinski definition) is 1. The molecule has 0 rings (SSSR count). The average Bonchev–Trinajstić information content (AvgIpc) is 1.35. The van der Waals surface area contributed by atoms with Gasteiger partial charge in [-0.1, -0.05) is 19.6 Å². The second kappa shape index (κ2) is 9.79. The van der Waals surface area contributed by atoms with Gasteiger partial charge in [-0.15, -0.1) is 0 Å². The van der Waals surface area contributed by atoms with E-state index in [0.29, 0.717) is 0 Å². The fourth-order valence-corrected chi connectivity index (χ4v) is 0. The molecule has 0 aromatic rings. The molecule has 0 saturated carbocycles. The van der Waals surface area contributed by atoms with E-state index < -0.39 is 8.07 Å². The summed E-state index contributed by atoms with van der Waals surface area (Å²) in [6.45, 7) is 6.06. The molecule has 50 valence electrons. The van der Waals surface area contributed by atoms with Crippen LogP contribution in [0.2, 0.25) is 19.6 Å². The summed E-state index contributed by atoms with van der Waals surface area (Å²) in [6, 6.07) is 0. The van der Waals surface area contributed by atoms with Crippen LogP contribution < -0.4 is 48.0 Å². The minimum atomic E-state index is -1.33. The third-order valence-corrected chi connectivity index (χ3v) is 1.01. The van der Waals surface area contributed by atoms with Gasteiger partial charge in [0.15, 0.2) is 8.07 Å². The molecule has 1 nitrogen and oxygen atoms in total. The number of nitriles is 1. The molecular weight excluding hydrogens is 409 g/mol. The van der Waals surface area contributed by atoms with E-state index in [1.165, 1.54) is 0 Å². The summed E-state index contributed by atoms with van der Waals surface area (Å²) in [5.41, 5.74) is 2.24. The molecule has 0 atom stereocenters. The van der Waals surface area contributed by atoms with Gasteiger partial charge in [0.05, 0.1) is 0 Å². The van der Waals surface area contributed by atoms with E-state index in [2.05, 4.69) is 5.69 Å². The van der Waals surface area contributed by atoms with Crippen LogP contribution in [-0.4, -0.2) is 8.07 Å². The van der Waals surface area contributed by atoms with E-state index in [4.69, 9.17) is 5.26 Å². The van der Waals surface area contributed by atoms with Crippen LogP contribution in [0.15, 0.2) is 0 Å². The van der Waals surface area contributed by atoms with Crippen LogP contribution >= 0.6 is 0 Å². The van der Waals surface area contributed by atoms with Gasteiger partial charge in [0, 0.05) is 5.69 Å². The van der Waals surface area contributed by atoms with Crippen LogP contribution in [0.1, 0.15) is 0 Å². The number of hydrogen-bond donors (Lipinski definition) is 0. The Morgan fingerprint density at radius 3 is 1.22 bits per heavy atom. The molecule has 0 unspecified atom stereocenters. The van der Waals surface area contributed by atoms with Crippen molar-refractivity contribution in [1.29, 1.82) is 5.26 Å². The zero-order valence-corrected chi connectivity index (χ0v) is 14.2. The molecule has 0 saturated heterocycles. The van der Waals surface area contributed by atoms with E-state index in [0.717, 1.165) is 0 Å². The molecule has 0 aromatic heterocycles. The van der Waals surface area contributed by atoms with Crippen molar-refractivity contribution in [2.45, 2.75) is 19.6 Å². The number of rotatable bonds is 0. The largest absolute Gasteiger partial charge is 2.00 e. The van der Waals surface area contributed by atoms with Gasteiger partial charge in [0.25, 0.3) is 0 Å². The Kier molecular flexibility index (Phi) is 24.4. The second-order valence-corrected chi connectivity index (χ2v) is 7.09. The molecule has 0 aliphatic carbocycles. The predicted octanol–water partition coefficient (Wildman–Crippen LogP) is -4.61. The van der Waals surface area contributed by atoms with E-state index in [-0.39, 0.29) is 67.4 Å². The number of nitrogens with zero attached hydrogens (tertiary/aromatic N) is 1. The van der Waals surface area contributed by atoms with Gasteiger partial charge in [0.2, 0.25) is 0 Å². The molecule has 0 spiro atoms. The van der Waals surface area contributed by atoms with E-state index in [9.17, 15) is 0 Å². The first-order chi connectivity index (χ1) is 2.56. The summed E-state index contributed by atoms with van der Waals surface area (Å²) < 4.78 is 0. The number of halogens is 2. The molecule has 0 amide bonds. The van der Waals surface area contributed by atoms with Crippen LogP contribution in [0.3, 0.4) is 0 Å². The van der Waals surface area contributed by atoms with Crippen LogP contribution in [0.4, 0.5) is 0 Å². The zero-order chi connectivity index (χ0) is 5.21. The zero-order valence-electron chi connectivity index (χ0n) is 5.91. The molecule has 0 bridgehead atoms. The second-order valence-electron chi connectivity index (χ2n) is 2.36. The monoisotopic (exact) mass is 417 g/mol. The van der Waals surface area contributed by atoms with Crippen LogP contribution in [0, 0.1) is 11.0 Å². The van der Waals surface area contributed by atoms with Crippen LogP contribution in [0.5, 0.6) is 0 Å². The minimum absolute atomic E-state index is 0. The maximum absolute atomic E-state index is 8.21. The van der Waals surface area contributed by atoms with Gasteiger partial charge in [-0.2, -0.15) is 0 Å². The van der Waals surface area contributed by atoms with Crippen molar-refractivity contribution in [2.75, 3.05) is 0 Å². The molecule has 0 fully saturated rings. The summed E-state index contributed by atoms with van der Waals surface area (Å²) in [6.07, 6.45) is 0. The van der Waals surface area contributed by atoms with Crippen molar-refractivity contribution < 1.29 is 67.4 Å². The summed E-state index contributed by atoms with van der Waals surface area (Å²) in [7, 11) is -1.33. The molecule has 0 radical (unpaired) electrons. The summed E-state index contributed by atoms with van der Waals surface area (Å²) in [4.78, 5) is 0.